The summed E-state index contributed by atoms with van der Waals surface area (Å²) in [4.78, 5) is 8.59. The molecule has 2 aromatic rings. The van der Waals surface area contributed by atoms with Crippen LogP contribution in [0.5, 0.6) is 0 Å². The Kier molecular flexibility index (Phi) is 2.88. The van der Waals surface area contributed by atoms with Gasteiger partial charge >= 0.3 is 0 Å². The van der Waals surface area contributed by atoms with E-state index in [0.717, 1.165) is 16.9 Å². The molecule has 0 aliphatic carbocycles. The van der Waals surface area contributed by atoms with Crippen molar-refractivity contribution in [1.82, 2.24) is 4.98 Å². The van der Waals surface area contributed by atoms with Gasteiger partial charge in [0.1, 0.15) is 0 Å². The maximum atomic E-state index is 4.35. The molecule has 15 heavy (non-hydrogen) atoms. The molecule has 2 nitrogen and oxygen atoms in total. The average Bonchev–Trinajstić information content (AvgIpc) is 2.29. The second-order valence-electron chi connectivity index (χ2n) is 3.30. The number of para-hydroxylation sites is 1. The molecule has 0 unspecified atom stereocenters. The molecular formula is C13H12N2. The van der Waals surface area contributed by atoms with Crippen molar-refractivity contribution >= 4 is 11.9 Å². The summed E-state index contributed by atoms with van der Waals surface area (Å²) in [5, 5.41) is 0. The maximum absolute atomic E-state index is 4.35. The Balaban J connectivity index is 2.23. The lowest BCUT2D eigenvalue weighted by atomic mass is 10.2. The summed E-state index contributed by atoms with van der Waals surface area (Å²) in [5.74, 6) is 0. The monoisotopic (exact) mass is 196 g/mol. The standard InChI is InChI=1S/C13H12N2/c1-11-6-5-9-14-13(11)10-15-12-7-3-2-4-8-12/h2-10H,1H3. The van der Waals surface area contributed by atoms with Crippen LogP contribution in [0.4, 0.5) is 5.69 Å². The molecule has 2 heteroatoms. The van der Waals surface area contributed by atoms with Crippen LogP contribution in [0.1, 0.15) is 11.3 Å². The fourth-order valence-corrected chi connectivity index (χ4v) is 1.28. The van der Waals surface area contributed by atoms with Crippen LogP contribution in [0, 0.1) is 6.92 Å². The highest BCUT2D eigenvalue weighted by Crippen LogP contribution is 2.10. The predicted octanol–water partition coefficient (Wildman–Crippen LogP) is 3.14. The van der Waals surface area contributed by atoms with Gasteiger partial charge in [-0.25, -0.2) is 0 Å². The molecular weight excluding hydrogens is 184 g/mol. The van der Waals surface area contributed by atoms with E-state index in [2.05, 4.69) is 9.98 Å². The fraction of sp³-hybridized carbons (Fsp3) is 0.0769. The number of pyridine rings is 1. The summed E-state index contributed by atoms with van der Waals surface area (Å²) < 4.78 is 0. The molecule has 0 saturated carbocycles. The molecule has 74 valence electrons. The van der Waals surface area contributed by atoms with Crippen molar-refractivity contribution in [3.05, 3.63) is 59.9 Å². The van der Waals surface area contributed by atoms with E-state index >= 15 is 0 Å². The molecule has 1 heterocycles. The van der Waals surface area contributed by atoms with Crippen molar-refractivity contribution < 1.29 is 0 Å². The minimum atomic E-state index is 0.918. The average molecular weight is 196 g/mol. The topological polar surface area (TPSA) is 25.2 Å². The van der Waals surface area contributed by atoms with E-state index in [1.165, 1.54) is 0 Å². The van der Waals surface area contributed by atoms with Gasteiger partial charge < -0.3 is 0 Å². The lowest BCUT2D eigenvalue weighted by Gasteiger charge is -1.96. The number of hydrogen-bond acceptors (Lipinski definition) is 2. The van der Waals surface area contributed by atoms with Crippen LogP contribution in [0.2, 0.25) is 0 Å². The summed E-state index contributed by atoms with van der Waals surface area (Å²) >= 11 is 0. The van der Waals surface area contributed by atoms with E-state index in [0.29, 0.717) is 0 Å². The predicted molar refractivity (Wildman–Crippen MR) is 62.7 cm³/mol. The molecule has 0 spiro atoms. The maximum Gasteiger partial charge on any atom is 0.0841 e. The van der Waals surface area contributed by atoms with Gasteiger partial charge in [0.25, 0.3) is 0 Å². The molecule has 2 rings (SSSR count). The van der Waals surface area contributed by atoms with Crippen molar-refractivity contribution in [2.45, 2.75) is 6.92 Å². The Hall–Kier alpha value is -1.96. The van der Waals surface area contributed by atoms with Crippen LogP contribution in [-0.4, -0.2) is 11.2 Å². The van der Waals surface area contributed by atoms with Gasteiger partial charge in [0.05, 0.1) is 17.6 Å². The van der Waals surface area contributed by atoms with Gasteiger partial charge in [0.15, 0.2) is 0 Å². The Morgan fingerprint density at radius 1 is 1.07 bits per heavy atom. The lowest BCUT2D eigenvalue weighted by molar-refractivity contribution is 1.24. The number of aliphatic imine (C=N–C) groups is 1. The van der Waals surface area contributed by atoms with Gasteiger partial charge in [0.2, 0.25) is 0 Å². The van der Waals surface area contributed by atoms with Crippen LogP contribution in [0.3, 0.4) is 0 Å². The third kappa shape index (κ3) is 2.50. The molecule has 0 aliphatic rings. The van der Waals surface area contributed by atoms with Crippen molar-refractivity contribution in [2.75, 3.05) is 0 Å². The van der Waals surface area contributed by atoms with Gasteiger partial charge in [0, 0.05) is 6.20 Å². The summed E-state index contributed by atoms with van der Waals surface area (Å²) in [6, 6.07) is 13.8. The molecule has 0 amide bonds. The second-order valence-corrected chi connectivity index (χ2v) is 3.30. The van der Waals surface area contributed by atoms with E-state index in [4.69, 9.17) is 0 Å². The Bertz CT molecular complexity index is 461. The number of aryl methyl sites for hydroxylation is 1. The van der Waals surface area contributed by atoms with Gasteiger partial charge in [-0.15, -0.1) is 0 Å². The smallest absolute Gasteiger partial charge is 0.0841 e. The second kappa shape index (κ2) is 4.51. The van der Waals surface area contributed by atoms with Crippen molar-refractivity contribution in [2.24, 2.45) is 4.99 Å². The van der Waals surface area contributed by atoms with Gasteiger partial charge in [-0.3, -0.25) is 9.98 Å². The molecule has 1 aromatic carbocycles. The zero-order valence-corrected chi connectivity index (χ0v) is 8.59. The van der Waals surface area contributed by atoms with Crippen LogP contribution in [-0.2, 0) is 0 Å². The highest BCUT2D eigenvalue weighted by molar-refractivity contribution is 5.81. The number of aromatic nitrogens is 1. The number of benzene rings is 1. The number of rotatable bonds is 2. The van der Waals surface area contributed by atoms with Crippen LogP contribution >= 0.6 is 0 Å². The lowest BCUT2D eigenvalue weighted by Crippen LogP contribution is -1.89. The summed E-state index contributed by atoms with van der Waals surface area (Å²) in [5.41, 5.74) is 3.00. The zero-order chi connectivity index (χ0) is 10.5. The summed E-state index contributed by atoms with van der Waals surface area (Å²) in [6.07, 6.45) is 3.57. The molecule has 1 aromatic heterocycles. The normalized spacial score (nSPS) is 10.7. The molecule has 0 N–H and O–H groups in total. The first-order valence-electron chi connectivity index (χ1n) is 4.87. The first-order chi connectivity index (χ1) is 7.36. The van der Waals surface area contributed by atoms with Gasteiger partial charge in [-0.05, 0) is 30.7 Å². The summed E-state index contributed by atoms with van der Waals surface area (Å²) in [6.45, 7) is 2.03. The first kappa shape index (κ1) is 9.59. The molecule has 0 aliphatic heterocycles. The molecule has 0 bridgehead atoms. The SMILES string of the molecule is Cc1cccnc1C=Nc1ccccc1. The third-order valence-corrected chi connectivity index (χ3v) is 2.14. The molecule has 0 fully saturated rings. The van der Waals surface area contributed by atoms with E-state index in [9.17, 15) is 0 Å². The quantitative estimate of drug-likeness (QED) is 0.677. The Morgan fingerprint density at radius 2 is 1.87 bits per heavy atom. The van der Waals surface area contributed by atoms with E-state index < -0.39 is 0 Å². The van der Waals surface area contributed by atoms with Gasteiger partial charge in [-0.2, -0.15) is 0 Å². The highest BCUT2D eigenvalue weighted by Gasteiger charge is 1.93. The van der Waals surface area contributed by atoms with E-state index in [1.807, 2.05) is 49.4 Å². The van der Waals surface area contributed by atoms with E-state index in [1.54, 1.807) is 12.4 Å². The first-order valence-corrected chi connectivity index (χ1v) is 4.87. The molecule has 0 atom stereocenters. The van der Waals surface area contributed by atoms with Crippen molar-refractivity contribution in [3.63, 3.8) is 0 Å². The Morgan fingerprint density at radius 3 is 2.60 bits per heavy atom. The largest absolute Gasteiger partial charge is 0.255 e. The van der Waals surface area contributed by atoms with Crippen LogP contribution in [0.25, 0.3) is 0 Å². The van der Waals surface area contributed by atoms with Crippen molar-refractivity contribution in [1.29, 1.82) is 0 Å². The van der Waals surface area contributed by atoms with Gasteiger partial charge in [-0.1, -0.05) is 24.3 Å². The molecule has 0 radical (unpaired) electrons. The zero-order valence-electron chi connectivity index (χ0n) is 8.59. The highest BCUT2D eigenvalue weighted by atomic mass is 14.8. The minimum Gasteiger partial charge on any atom is -0.255 e. The molecule has 0 saturated heterocycles. The van der Waals surface area contributed by atoms with E-state index in [-0.39, 0.29) is 0 Å². The van der Waals surface area contributed by atoms with Crippen LogP contribution < -0.4 is 0 Å². The summed E-state index contributed by atoms with van der Waals surface area (Å²) in [7, 11) is 0. The minimum absolute atomic E-state index is 0.918. The fourth-order valence-electron chi connectivity index (χ4n) is 1.28. The van der Waals surface area contributed by atoms with Crippen molar-refractivity contribution in [3.8, 4) is 0 Å². The number of nitrogens with zero attached hydrogens (tertiary/aromatic N) is 2. The third-order valence-electron chi connectivity index (χ3n) is 2.14. The van der Waals surface area contributed by atoms with Crippen LogP contribution in [0.15, 0.2) is 53.7 Å². The Labute approximate surface area is 89.3 Å². The number of hydrogen-bond donors (Lipinski definition) is 0.